The highest BCUT2D eigenvalue weighted by molar-refractivity contribution is 6.26. The van der Waals surface area contributed by atoms with Crippen molar-refractivity contribution in [1.29, 1.82) is 0 Å². The molecule has 1 atom stereocenters. The number of aryl methyl sites for hydroxylation is 1. The topological polar surface area (TPSA) is 35.5 Å². The number of likely N-dealkylation sites (N-methyl/N-ethyl adjacent to an activating group) is 1. The predicted molar refractivity (Wildman–Crippen MR) is 92.8 cm³/mol. The summed E-state index contributed by atoms with van der Waals surface area (Å²) in [6.07, 6.45) is 3.79. The first kappa shape index (κ1) is 16.9. The molecule has 1 fully saturated rings. The Balaban J connectivity index is 2.20. The molecular weight excluding hydrogens is 296 g/mol. The normalized spacial score (nSPS) is 18.2. The van der Waals surface area contributed by atoms with Gasteiger partial charge >= 0.3 is 0 Å². The average molecular weight is 321 g/mol. The maximum absolute atomic E-state index is 11.3. The first-order valence-electron chi connectivity index (χ1n) is 7.55. The molecule has 0 aliphatic heterocycles. The van der Waals surface area contributed by atoms with Crippen LogP contribution in [-0.2, 0) is 6.42 Å². The van der Waals surface area contributed by atoms with Gasteiger partial charge in [0.15, 0.2) is 0 Å². The van der Waals surface area contributed by atoms with Gasteiger partial charge in [-0.1, -0.05) is 37.4 Å². The van der Waals surface area contributed by atoms with Crippen LogP contribution in [-0.4, -0.2) is 34.1 Å². The lowest BCUT2D eigenvalue weighted by molar-refractivity contribution is 0.00531. The summed E-state index contributed by atoms with van der Waals surface area (Å²) in [5, 5.41) is 14.3. The van der Waals surface area contributed by atoms with E-state index in [2.05, 4.69) is 37.5 Å². The van der Waals surface area contributed by atoms with Crippen LogP contribution in [0.1, 0.15) is 24.0 Å². The van der Waals surface area contributed by atoms with Crippen molar-refractivity contribution in [3.8, 4) is 0 Å². The Labute approximate surface area is 138 Å². The van der Waals surface area contributed by atoms with E-state index in [1.54, 1.807) is 6.20 Å². The Hall–Kier alpha value is -1.45. The van der Waals surface area contributed by atoms with E-state index in [9.17, 15) is 5.11 Å². The quantitative estimate of drug-likeness (QED) is 0.722. The molecular formula is C18H25ClN2O. The van der Waals surface area contributed by atoms with Crippen molar-refractivity contribution in [2.75, 3.05) is 13.6 Å². The summed E-state index contributed by atoms with van der Waals surface area (Å²) in [5.41, 5.74) is 1.31. The Morgan fingerprint density at radius 1 is 1.50 bits per heavy atom. The molecule has 4 heteroatoms. The van der Waals surface area contributed by atoms with Crippen molar-refractivity contribution in [3.05, 3.63) is 60.6 Å². The monoisotopic (exact) mass is 320 g/mol. The van der Waals surface area contributed by atoms with E-state index in [1.165, 1.54) is 5.56 Å². The second-order valence-corrected chi connectivity index (χ2v) is 6.97. The van der Waals surface area contributed by atoms with E-state index in [0.29, 0.717) is 18.8 Å². The van der Waals surface area contributed by atoms with Crippen LogP contribution < -0.4 is 5.32 Å². The van der Waals surface area contributed by atoms with Crippen LogP contribution >= 0.6 is 11.6 Å². The molecule has 2 rings (SSSR count). The highest BCUT2D eigenvalue weighted by atomic mass is 35.5. The molecule has 1 unspecified atom stereocenters. The summed E-state index contributed by atoms with van der Waals surface area (Å²) < 4.78 is 0. The van der Waals surface area contributed by atoms with Gasteiger partial charge in [-0.05, 0) is 37.1 Å². The zero-order chi connectivity index (χ0) is 16.4. The highest BCUT2D eigenvalue weighted by Crippen LogP contribution is 2.52. The van der Waals surface area contributed by atoms with E-state index in [0.717, 1.165) is 18.4 Å². The van der Waals surface area contributed by atoms with E-state index in [4.69, 9.17) is 11.6 Å². The first-order valence-corrected chi connectivity index (χ1v) is 7.92. The third kappa shape index (κ3) is 3.47. The molecule has 0 amide bonds. The Morgan fingerprint density at radius 3 is 2.68 bits per heavy atom. The largest absolute Gasteiger partial charge is 0.386 e. The minimum absolute atomic E-state index is 0.421. The number of hydrogen-bond acceptors (Lipinski definition) is 3. The van der Waals surface area contributed by atoms with E-state index >= 15 is 0 Å². The molecule has 1 saturated carbocycles. The third-order valence-electron chi connectivity index (χ3n) is 4.50. The molecule has 0 saturated heterocycles. The summed E-state index contributed by atoms with van der Waals surface area (Å²) >= 11 is 6.63. The van der Waals surface area contributed by atoms with Crippen LogP contribution in [0.5, 0.6) is 0 Å². The Kier molecular flexibility index (Phi) is 4.88. The lowest BCUT2D eigenvalue weighted by atomic mass is 9.87. The zero-order valence-electron chi connectivity index (χ0n) is 13.4. The molecule has 1 aromatic carbocycles. The molecule has 0 aromatic heterocycles. The fraction of sp³-hybridized carbons (Fsp3) is 0.444. The van der Waals surface area contributed by atoms with Gasteiger partial charge < -0.3 is 15.3 Å². The van der Waals surface area contributed by atoms with Crippen LogP contribution in [0.25, 0.3) is 0 Å². The summed E-state index contributed by atoms with van der Waals surface area (Å²) in [6, 6.07) is 8.12. The molecule has 22 heavy (non-hydrogen) atoms. The van der Waals surface area contributed by atoms with E-state index in [-0.39, 0.29) is 0 Å². The van der Waals surface area contributed by atoms with Crippen molar-refractivity contribution in [3.63, 3.8) is 0 Å². The number of aliphatic hydroxyl groups is 1. The summed E-state index contributed by atoms with van der Waals surface area (Å²) in [5.74, 6) is 0.694. The molecule has 120 valence electrons. The van der Waals surface area contributed by atoms with Crippen molar-refractivity contribution in [1.82, 2.24) is 10.2 Å². The second-order valence-electron chi connectivity index (χ2n) is 6.25. The number of halogens is 1. The van der Waals surface area contributed by atoms with Crippen molar-refractivity contribution < 1.29 is 5.11 Å². The Bertz CT molecular complexity index is 568. The summed E-state index contributed by atoms with van der Waals surface area (Å²) in [4.78, 5) is 1.35. The van der Waals surface area contributed by atoms with Crippen LogP contribution in [0, 0.1) is 6.92 Å². The molecule has 0 radical (unpaired) electrons. The Morgan fingerprint density at radius 2 is 2.14 bits per heavy atom. The number of nitrogens with one attached hydrogen (secondary N) is 1. The fourth-order valence-electron chi connectivity index (χ4n) is 2.77. The van der Waals surface area contributed by atoms with Gasteiger partial charge in [-0.3, -0.25) is 0 Å². The number of hydrogen-bond donors (Lipinski definition) is 2. The zero-order valence-corrected chi connectivity index (χ0v) is 14.2. The lowest BCUT2D eigenvalue weighted by Crippen LogP contribution is -2.52. The molecule has 1 aliphatic carbocycles. The van der Waals surface area contributed by atoms with Crippen LogP contribution in [0.3, 0.4) is 0 Å². The minimum Gasteiger partial charge on any atom is -0.386 e. The minimum atomic E-state index is -0.999. The smallest absolute Gasteiger partial charge is 0.105 e. The van der Waals surface area contributed by atoms with E-state index in [1.807, 2.05) is 24.1 Å². The van der Waals surface area contributed by atoms with Gasteiger partial charge in [-0.15, -0.1) is 11.6 Å². The summed E-state index contributed by atoms with van der Waals surface area (Å²) in [6.45, 7) is 10.1. The molecule has 2 N–H and O–H groups in total. The third-order valence-corrected chi connectivity index (χ3v) is 5.23. The average Bonchev–Trinajstić information content (AvgIpc) is 3.21. The van der Waals surface area contributed by atoms with E-state index < -0.39 is 10.5 Å². The number of nitrogens with zero attached hydrogens (tertiary/aromatic N) is 1. The van der Waals surface area contributed by atoms with Crippen LogP contribution in [0.2, 0.25) is 0 Å². The van der Waals surface area contributed by atoms with Gasteiger partial charge in [0.25, 0.3) is 0 Å². The predicted octanol–water partition coefficient (Wildman–Crippen LogP) is 3.18. The van der Waals surface area contributed by atoms with Crippen molar-refractivity contribution in [2.24, 2.45) is 0 Å². The molecule has 0 heterocycles. The maximum Gasteiger partial charge on any atom is 0.105 e. The van der Waals surface area contributed by atoms with Crippen LogP contribution in [0.15, 0.2) is 49.4 Å². The fourth-order valence-corrected chi connectivity index (χ4v) is 2.99. The number of alkyl halides is 1. The van der Waals surface area contributed by atoms with Gasteiger partial charge in [-0.25, -0.2) is 0 Å². The molecule has 1 aromatic rings. The van der Waals surface area contributed by atoms with Crippen molar-refractivity contribution in [2.45, 2.75) is 36.7 Å². The SMILES string of the molecule is C=CNC(=C)N(C)CC(O)(Cc1ccccc1C)C1(Cl)CC1. The lowest BCUT2D eigenvalue weighted by Gasteiger charge is -2.38. The second kappa shape index (κ2) is 6.35. The maximum atomic E-state index is 11.3. The molecule has 3 nitrogen and oxygen atoms in total. The summed E-state index contributed by atoms with van der Waals surface area (Å²) in [7, 11) is 1.89. The van der Waals surface area contributed by atoms with Gasteiger partial charge in [0.2, 0.25) is 0 Å². The number of rotatable bonds is 8. The number of benzene rings is 1. The molecule has 1 aliphatic rings. The van der Waals surface area contributed by atoms with Gasteiger partial charge in [0, 0.05) is 20.0 Å². The van der Waals surface area contributed by atoms with Gasteiger partial charge in [0.1, 0.15) is 5.60 Å². The first-order chi connectivity index (χ1) is 10.3. The highest BCUT2D eigenvalue weighted by Gasteiger charge is 2.58. The van der Waals surface area contributed by atoms with Crippen LogP contribution in [0.4, 0.5) is 0 Å². The van der Waals surface area contributed by atoms with Gasteiger partial charge in [0.05, 0.1) is 10.7 Å². The van der Waals surface area contributed by atoms with Gasteiger partial charge in [-0.2, -0.15) is 0 Å². The molecule has 0 spiro atoms. The standard InChI is InChI=1S/C18H25ClN2O/c1-5-20-15(3)21(4)13-18(22,17(19)10-11-17)12-16-9-7-6-8-14(16)2/h5-9,20,22H,1,3,10-13H2,2,4H3. The molecule has 0 bridgehead atoms. The van der Waals surface area contributed by atoms with Crippen molar-refractivity contribution >= 4 is 11.6 Å².